The van der Waals surface area contributed by atoms with E-state index in [1.807, 2.05) is 12.3 Å². The van der Waals surface area contributed by atoms with Crippen LogP contribution in [0.1, 0.15) is 11.4 Å². The lowest BCUT2D eigenvalue weighted by Crippen LogP contribution is -1.99. The molecule has 0 spiro atoms. The summed E-state index contributed by atoms with van der Waals surface area (Å²) < 4.78 is 0. The molecule has 6 heteroatoms. The van der Waals surface area contributed by atoms with E-state index in [1.165, 1.54) is 22.7 Å². The van der Waals surface area contributed by atoms with Gasteiger partial charge in [0.05, 0.1) is 12.1 Å². The largest absolute Gasteiger partial charge is 0.481 e. The number of hydrogen-bond acceptors (Lipinski definition) is 5. The molecule has 2 heterocycles. The average Bonchev–Trinajstić information content (AvgIpc) is 2.72. The van der Waals surface area contributed by atoms with Gasteiger partial charge in [0.25, 0.3) is 0 Å². The van der Waals surface area contributed by atoms with Crippen LogP contribution in [0.2, 0.25) is 0 Å². The Labute approximate surface area is 94.3 Å². The molecule has 0 fully saturated rings. The number of nitrogens with zero attached hydrogens (tertiary/aromatic N) is 2. The molecule has 0 radical (unpaired) electrons. The van der Waals surface area contributed by atoms with Gasteiger partial charge in [0.1, 0.15) is 0 Å². The number of thiazole rings is 2. The molecule has 0 aliphatic rings. The molecule has 0 saturated heterocycles. The Morgan fingerprint density at radius 2 is 2.00 bits per heavy atom. The standard InChI is InChI=1S/C9H8N2O2S2/c1-5-3-14-8(10-5)9-11-6(4-15-9)2-7(12)13/h3-4H,2H2,1H3,(H,12,13). The molecule has 1 N–H and O–H groups in total. The van der Waals surface area contributed by atoms with Crippen molar-refractivity contribution in [3.8, 4) is 10.0 Å². The predicted octanol–water partition coefficient (Wildman–Crippen LogP) is 2.20. The van der Waals surface area contributed by atoms with Crippen molar-refractivity contribution in [3.05, 3.63) is 22.1 Å². The van der Waals surface area contributed by atoms with E-state index in [0.29, 0.717) is 5.69 Å². The lowest BCUT2D eigenvalue weighted by Gasteiger charge is -1.88. The van der Waals surface area contributed by atoms with E-state index < -0.39 is 5.97 Å². The summed E-state index contributed by atoms with van der Waals surface area (Å²) in [5.74, 6) is -0.859. The smallest absolute Gasteiger partial charge is 0.309 e. The van der Waals surface area contributed by atoms with Crippen LogP contribution in [0.3, 0.4) is 0 Å². The lowest BCUT2D eigenvalue weighted by atomic mass is 10.3. The number of carboxylic acid groups (broad SMARTS) is 1. The molecule has 0 saturated carbocycles. The number of hydrogen-bond donors (Lipinski definition) is 1. The van der Waals surface area contributed by atoms with Crippen molar-refractivity contribution >= 4 is 28.6 Å². The molecule has 78 valence electrons. The fourth-order valence-corrected chi connectivity index (χ4v) is 2.76. The van der Waals surface area contributed by atoms with Gasteiger partial charge in [-0.05, 0) is 6.92 Å². The second kappa shape index (κ2) is 4.08. The van der Waals surface area contributed by atoms with Gasteiger partial charge in [0.15, 0.2) is 10.0 Å². The first-order valence-electron chi connectivity index (χ1n) is 4.24. The minimum absolute atomic E-state index is 0.0269. The number of aliphatic carboxylic acids is 1. The maximum absolute atomic E-state index is 10.5. The fourth-order valence-electron chi connectivity index (χ4n) is 1.09. The van der Waals surface area contributed by atoms with Crippen molar-refractivity contribution in [1.29, 1.82) is 0 Å². The predicted molar refractivity (Wildman–Crippen MR) is 59.3 cm³/mol. The van der Waals surface area contributed by atoms with E-state index in [4.69, 9.17) is 5.11 Å². The van der Waals surface area contributed by atoms with Gasteiger partial charge in [-0.15, -0.1) is 22.7 Å². The Balaban J connectivity index is 2.23. The molecule has 4 nitrogen and oxygen atoms in total. The van der Waals surface area contributed by atoms with Crippen molar-refractivity contribution in [2.75, 3.05) is 0 Å². The summed E-state index contributed by atoms with van der Waals surface area (Å²) in [5, 5.41) is 14.0. The van der Waals surface area contributed by atoms with Crippen molar-refractivity contribution in [1.82, 2.24) is 9.97 Å². The highest BCUT2D eigenvalue weighted by Crippen LogP contribution is 2.26. The van der Waals surface area contributed by atoms with Crippen molar-refractivity contribution in [2.45, 2.75) is 13.3 Å². The zero-order chi connectivity index (χ0) is 10.8. The van der Waals surface area contributed by atoms with Gasteiger partial charge < -0.3 is 5.11 Å². The molecular weight excluding hydrogens is 232 g/mol. The molecular formula is C9H8N2O2S2. The van der Waals surface area contributed by atoms with Gasteiger partial charge in [-0.1, -0.05) is 0 Å². The number of carboxylic acids is 1. The third-order valence-corrected chi connectivity index (χ3v) is 3.68. The molecule has 15 heavy (non-hydrogen) atoms. The van der Waals surface area contributed by atoms with E-state index in [2.05, 4.69) is 9.97 Å². The zero-order valence-corrected chi connectivity index (χ0v) is 9.56. The molecule has 0 unspecified atom stereocenters. The van der Waals surface area contributed by atoms with Gasteiger partial charge in [-0.3, -0.25) is 4.79 Å². The first-order chi connectivity index (χ1) is 7.15. The highest BCUT2D eigenvalue weighted by molar-refractivity contribution is 7.19. The van der Waals surface area contributed by atoms with Crippen LogP contribution >= 0.6 is 22.7 Å². The normalized spacial score (nSPS) is 10.5. The van der Waals surface area contributed by atoms with Crippen LogP contribution in [0.25, 0.3) is 10.0 Å². The van der Waals surface area contributed by atoms with Crippen molar-refractivity contribution in [2.24, 2.45) is 0 Å². The number of rotatable bonds is 3. The first kappa shape index (κ1) is 10.3. The number of carbonyl (C=O) groups is 1. The van der Waals surface area contributed by atoms with Crippen LogP contribution in [0.4, 0.5) is 0 Å². The van der Waals surface area contributed by atoms with E-state index in [0.717, 1.165) is 15.7 Å². The molecule has 0 aliphatic heterocycles. The van der Waals surface area contributed by atoms with E-state index in [-0.39, 0.29) is 6.42 Å². The van der Waals surface area contributed by atoms with E-state index >= 15 is 0 Å². The van der Waals surface area contributed by atoms with Gasteiger partial charge in [0.2, 0.25) is 0 Å². The molecule has 2 rings (SSSR count). The second-order valence-electron chi connectivity index (χ2n) is 3.01. The highest BCUT2D eigenvalue weighted by Gasteiger charge is 2.09. The van der Waals surface area contributed by atoms with Gasteiger partial charge in [0, 0.05) is 16.5 Å². The first-order valence-corrected chi connectivity index (χ1v) is 6.00. The Kier molecular flexibility index (Phi) is 2.79. The third-order valence-electron chi connectivity index (χ3n) is 1.69. The summed E-state index contributed by atoms with van der Waals surface area (Å²) in [6, 6.07) is 0. The maximum atomic E-state index is 10.5. The third kappa shape index (κ3) is 2.40. The minimum Gasteiger partial charge on any atom is -0.481 e. The number of aromatic nitrogens is 2. The molecule has 0 atom stereocenters. The monoisotopic (exact) mass is 240 g/mol. The number of aryl methyl sites for hydroxylation is 1. The average molecular weight is 240 g/mol. The molecule has 0 bridgehead atoms. The zero-order valence-electron chi connectivity index (χ0n) is 7.93. The Hall–Kier alpha value is -1.27. The van der Waals surface area contributed by atoms with Crippen molar-refractivity contribution < 1.29 is 9.90 Å². The molecule has 2 aromatic heterocycles. The molecule has 0 amide bonds. The summed E-state index contributed by atoms with van der Waals surface area (Å²) in [4.78, 5) is 19.0. The summed E-state index contributed by atoms with van der Waals surface area (Å²) in [7, 11) is 0. The maximum Gasteiger partial charge on any atom is 0.309 e. The van der Waals surface area contributed by atoms with Crippen LogP contribution in [-0.4, -0.2) is 21.0 Å². The Morgan fingerprint density at radius 1 is 1.33 bits per heavy atom. The van der Waals surface area contributed by atoms with Gasteiger partial charge in [-0.25, -0.2) is 9.97 Å². The minimum atomic E-state index is -0.859. The quantitative estimate of drug-likeness (QED) is 0.893. The SMILES string of the molecule is Cc1csc(-c2nc(CC(=O)O)cs2)n1. The van der Waals surface area contributed by atoms with Crippen LogP contribution in [-0.2, 0) is 11.2 Å². The molecule has 0 aromatic carbocycles. The van der Waals surface area contributed by atoms with E-state index in [9.17, 15) is 4.79 Å². The van der Waals surface area contributed by atoms with Crippen LogP contribution in [0.5, 0.6) is 0 Å². The Bertz CT molecular complexity index is 490. The van der Waals surface area contributed by atoms with Crippen molar-refractivity contribution in [3.63, 3.8) is 0 Å². The van der Waals surface area contributed by atoms with Gasteiger partial charge >= 0.3 is 5.97 Å². The van der Waals surface area contributed by atoms with Crippen LogP contribution in [0.15, 0.2) is 10.8 Å². The lowest BCUT2D eigenvalue weighted by molar-refractivity contribution is -0.136. The van der Waals surface area contributed by atoms with Crippen LogP contribution in [0, 0.1) is 6.92 Å². The fraction of sp³-hybridized carbons (Fsp3) is 0.222. The van der Waals surface area contributed by atoms with Crippen LogP contribution < -0.4 is 0 Å². The summed E-state index contributed by atoms with van der Waals surface area (Å²) in [6.07, 6.45) is -0.0269. The summed E-state index contributed by atoms with van der Waals surface area (Å²) >= 11 is 2.96. The highest BCUT2D eigenvalue weighted by atomic mass is 32.1. The second-order valence-corrected chi connectivity index (χ2v) is 4.72. The van der Waals surface area contributed by atoms with Gasteiger partial charge in [-0.2, -0.15) is 0 Å². The Morgan fingerprint density at radius 3 is 2.60 bits per heavy atom. The topological polar surface area (TPSA) is 63.1 Å². The van der Waals surface area contributed by atoms with E-state index in [1.54, 1.807) is 5.38 Å². The molecule has 2 aromatic rings. The summed E-state index contributed by atoms with van der Waals surface area (Å²) in [6.45, 7) is 1.92. The molecule has 0 aliphatic carbocycles. The summed E-state index contributed by atoms with van der Waals surface area (Å²) in [5.41, 5.74) is 1.56.